The van der Waals surface area contributed by atoms with E-state index in [2.05, 4.69) is 36.3 Å². The molecule has 39 heavy (non-hydrogen) atoms. The van der Waals surface area contributed by atoms with Crippen molar-refractivity contribution in [3.05, 3.63) is 89.7 Å². The summed E-state index contributed by atoms with van der Waals surface area (Å²) in [6.45, 7) is 2.01. The molecule has 1 saturated carbocycles. The fourth-order valence-electron chi connectivity index (χ4n) is 4.79. The van der Waals surface area contributed by atoms with Crippen molar-refractivity contribution in [1.82, 2.24) is 25.4 Å². The number of anilines is 1. The monoisotopic (exact) mass is 545 g/mol. The van der Waals surface area contributed by atoms with E-state index in [0.29, 0.717) is 22.4 Å². The van der Waals surface area contributed by atoms with Gasteiger partial charge < -0.3 is 20.8 Å². The predicted octanol–water partition coefficient (Wildman–Crippen LogP) is 5.93. The van der Waals surface area contributed by atoms with Crippen molar-refractivity contribution >= 4 is 35.0 Å². The number of allylic oxidation sites excluding steroid dienone is 4. The third-order valence-corrected chi connectivity index (χ3v) is 8.22. The minimum atomic E-state index is -0.731. The summed E-state index contributed by atoms with van der Waals surface area (Å²) in [7, 11) is 0. The summed E-state index contributed by atoms with van der Waals surface area (Å²) < 4.78 is 33.6. The number of nitrogens with zero attached hydrogens (tertiary/aromatic N) is 3. The van der Waals surface area contributed by atoms with E-state index < -0.39 is 11.6 Å². The van der Waals surface area contributed by atoms with Gasteiger partial charge >= 0.3 is 0 Å². The van der Waals surface area contributed by atoms with Gasteiger partial charge in [0.2, 0.25) is 0 Å². The van der Waals surface area contributed by atoms with Crippen LogP contribution in [0.15, 0.2) is 66.9 Å². The average molecular weight is 546 g/mol. The Bertz CT molecular complexity index is 1480. The zero-order chi connectivity index (χ0) is 26.8. The van der Waals surface area contributed by atoms with E-state index in [4.69, 9.17) is 5.41 Å². The van der Waals surface area contributed by atoms with Gasteiger partial charge in [-0.25, -0.2) is 8.78 Å². The van der Waals surface area contributed by atoms with E-state index in [1.165, 1.54) is 6.21 Å². The molecule has 0 unspecified atom stereocenters. The van der Waals surface area contributed by atoms with Crippen molar-refractivity contribution in [2.45, 2.75) is 37.0 Å². The number of halogens is 2. The lowest BCUT2D eigenvalue weighted by Crippen LogP contribution is -2.29. The Morgan fingerprint density at radius 3 is 2.62 bits per heavy atom. The Hall–Kier alpha value is -3.76. The molecule has 1 aromatic carbocycles. The largest absolute Gasteiger partial charge is 0.361 e. The maximum atomic E-state index is 14.7. The summed E-state index contributed by atoms with van der Waals surface area (Å²) in [6.07, 6.45) is 16.6. The molecule has 4 heterocycles. The number of pyridine rings is 1. The van der Waals surface area contributed by atoms with Crippen LogP contribution < -0.4 is 15.4 Å². The lowest BCUT2D eigenvalue weighted by Gasteiger charge is -2.22. The quantitative estimate of drug-likeness (QED) is 0.207. The van der Waals surface area contributed by atoms with Gasteiger partial charge in [0.25, 0.3) is 0 Å². The molecule has 3 aliphatic rings. The first-order valence-corrected chi connectivity index (χ1v) is 14.0. The molecule has 10 heteroatoms. The smallest absolute Gasteiger partial charge is 0.152 e. The molecule has 2 aliphatic heterocycles. The van der Waals surface area contributed by atoms with Crippen LogP contribution in [-0.4, -0.2) is 39.3 Å². The maximum Gasteiger partial charge on any atom is 0.152 e. The summed E-state index contributed by atoms with van der Waals surface area (Å²) in [5, 5.41) is 20.1. The molecule has 2 fully saturated rings. The van der Waals surface area contributed by atoms with Crippen LogP contribution in [0.4, 0.5) is 14.5 Å². The molecular formula is C29H29F2N7S. The molecule has 200 valence electrons. The van der Waals surface area contributed by atoms with Gasteiger partial charge in [-0.15, -0.1) is 0 Å². The minimum Gasteiger partial charge on any atom is -0.361 e. The van der Waals surface area contributed by atoms with Gasteiger partial charge in [-0.05, 0) is 80.6 Å². The molecule has 0 amide bonds. The Morgan fingerprint density at radius 2 is 1.90 bits per heavy atom. The number of hydrogen-bond donors (Lipinski definition) is 4. The molecule has 3 aromatic rings. The van der Waals surface area contributed by atoms with E-state index in [0.717, 1.165) is 79.1 Å². The summed E-state index contributed by atoms with van der Waals surface area (Å²) in [6, 6.07) is 6.76. The van der Waals surface area contributed by atoms with E-state index in [9.17, 15) is 8.78 Å². The van der Waals surface area contributed by atoms with E-state index in [1.807, 2.05) is 30.6 Å². The summed E-state index contributed by atoms with van der Waals surface area (Å²) in [5.74, 6) is -1.46. The van der Waals surface area contributed by atoms with Gasteiger partial charge in [0.05, 0.1) is 18.4 Å². The lowest BCUT2D eigenvalue weighted by molar-refractivity contribution is 0.343. The number of hydrogen-bond acceptors (Lipinski definition) is 7. The highest BCUT2D eigenvalue weighted by molar-refractivity contribution is 8.01. The van der Waals surface area contributed by atoms with Crippen LogP contribution in [-0.2, 0) is 0 Å². The summed E-state index contributed by atoms with van der Waals surface area (Å²) in [4.78, 5) is 4.01. The molecule has 7 nitrogen and oxygen atoms in total. The third-order valence-electron chi connectivity index (χ3n) is 7.06. The van der Waals surface area contributed by atoms with Crippen LogP contribution in [0, 0.1) is 17.0 Å². The number of dihydropyridines is 1. The van der Waals surface area contributed by atoms with Gasteiger partial charge in [0, 0.05) is 63.6 Å². The first-order chi connectivity index (χ1) is 19.1. The topological polar surface area (TPSA) is 90.7 Å². The number of aromatic nitrogens is 3. The first-order valence-electron chi connectivity index (χ1n) is 13.1. The van der Waals surface area contributed by atoms with E-state index in [1.54, 1.807) is 24.1 Å². The molecule has 0 bridgehead atoms. The Morgan fingerprint density at radius 1 is 1.05 bits per heavy atom. The first kappa shape index (κ1) is 25.5. The zero-order valence-corrected chi connectivity index (χ0v) is 22.1. The zero-order valence-electron chi connectivity index (χ0n) is 21.3. The molecular weight excluding hydrogens is 516 g/mol. The highest BCUT2D eigenvalue weighted by Gasteiger charge is 2.23. The van der Waals surface area contributed by atoms with Crippen LogP contribution in [0.3, 0.4) is 0 Å². The fourth-order valence-corrected chi connectivity index (χ4v) is 5.58. The Labute approximate surface area is 230 Å². The molecule has 1 saturated heterocycles. The predicted molar refractivity (Wildman–Crippen MR) is 153 cm³/mol. The average Bonchev–Trinajstić information content (AvgIpc) is 3.66. The normalized spacial score (nSPS) is 18.9. The molecule has 1 aliphatic carbocycles. The van der Waals surface area contributed by atoms with Gasteiger partial charge in [0.1, 0.15) is 11.5 Å². The van der Waals surface area contributed by atoms with Gasteiger partial charge in [-0.3, -0.25) is 9.67 Å². The fraction of sp³-hybridized carbons (Fsp3) is 0.276. The maximum absolute atomic E-state index is 14.7. The Kier molecular flexibility index (Phi) is 7.30. The molecule has 0 spiro atoms. The standard InChI is InChI=1S/C29H29F2N7S/c30-22-12-27(31)29(35-16-22)20-9-19(10-23(11-20)37-39-25-2-3-25)26(13-32)28-4-1-18(14-34-28)21-15-36-38(17-21)24-5-7-33-8-6-24/h1,4,9-17,24-25,32-34,37H,2-3,5-8H2/b28-26+,32-13?. The van der Waals surface area contributed by atoms with E-state index >= 15 is 0 Å². The molecule has 4 N–H and O–H groups in total. The van der Waals surface area contributed by atoms with Crippen molar-refractivity contribution in [1.29, 1.82) is 5.41 Å². The highest BCUT2D eigenvalue weighted by Crippen LogP contribution is 2.37. The summed E-state index contributed by atoms with van der Waals surface area (Å²) in [5.41, 5.74) is 5.45. The summed E-state index contributed by atoms with van der Waals surface area (Å²) >= 11 is 1.63. The van der Waals surface area contributed by atoms with E-state index in [-0.39, 0.29) is 5.69 Å². The van der Waals surface area contributed by atoms with Crippen molar-refractivity contribution in [2.24, 2.45) is 0 Å². The molecule has 2 aromatic heterocycles. The highest BCUT2D eigenvalue weighted by atomic mass is 32.2. The van der Waals surface area contributed by atoms with Gasteiger partial charge in [-0.2, -0.15) is 5.10 Å². The Balaban J connectivity index is 1.29. The number of piperidine rings is 1. The van der Waals surface area contributed by atoms with Crippen LogP contribution in [0.1, 0.15) is 42.9 Å². The lowest BCUT2D eigenvalue weighted by atomic mass is 9.97. The van der Waals surface area contributed by atoms with Crippen molar-refractivity contribution < 1.29 is 8.78 Å². The number of nitrogens with one attached hydrogen (secondary N) is 4. The third kappa shape index (κ3) is 5.81. The van der Waals surface area contributed by atoms with Crippen molar-refractivity contribution in [3.8, 4) is 11.3 Å². The molecule has 6 rings (SSSR count). The number of benzene rings is 1. The van der Waals surface area contributed by atoms with Crippen LogP contribution in [0.2, 0.25) is 0 Å². The van der Waals surface area contributed by atoms with Crippen LogP contribution in [0.25, 0.3) is 22.4 Å². The van der Waals surface area contributed by atoms with Crippen LogP contribution >= 0.6 is 11.9 Å². The second kappa shape index (κ2) is 11.2. The van der Waals surface area contributed by atoms with Gasteiger partial charge in [-0.1, -0.05) is 6.08 Å². The molecule has 0 atom stereocenters. The van der Waals surface area contributed by atoms with Crippen molar-refractivity contribution in [2.75, 3.05) is 17.8 Å². The minimum absolute atomic E-state index is 0.0622. The molecule has 0 radical (unpaired) electrons. The van der Waals surface area contributed by atoms with Crippen LogP contribution in [0.5, 0.6) is 0 Å². The second-order valence-electron chi connectivity index (χ2n) is 9.94. The second-order valence-corrected chi connectivity index (χ2v) is 11.0. The SMILES string of the molecule is N=C/C(=C1/C=CC(c2cnn(C3CCNCC3)c2)=CN1)c1cc(NSC2CC2)cc(-c2ncc(F)cc2F)c1. The number of rotatable bonds is 8. The van der Waals surface area contributed by atoms with Crippen molar-refractivity contribution in [3.63, 3.8) is 0 Å². The van der Waals surface area contributed by atoms with Gasteiger partial charge in [0.15, 0.2) is 5.82 Å².